The summed E-state index contributed by atoms with van der Waals surface area (Å²) in [7, 11) is 0. The Morgan fingerprint density at radius 1 is 1.08 bits per heavy atom. The number of hydrogen-bond donors (Lipinski definition) is 4. The monoisotopic (exact) mass is 358 g/mol. The summed E-state index contributed by atoms with van der Waals surface area (Å²) in [5.41, 5.74) is 7.39. The van der Waals surface area contributed by atoms with Crippen molar-refractivity contribution >= 4 is 11.7 Å². The molecule has 138 valence electrons. The maximum Gasteiger partial charge on any atom is 0.246 e. The van der Waals surface area contributed by atoms with Gasteiger partial charge in [0.05, 0.1) is 5.92 Å². The number of rotatable bonds is 8. The van der Waals surface area contributed by atoms with Crippen molar-refractivity contribution in [3.8, 4) is 11.5 Å². The van der Waals surface area contributed by atoms with Crippen LogP contribution < -0.4 is 16.0 Å². The second kappa shape index (κ2) is 9.10. The number of aliphatic hydroxyl groups excluding tert-OH is 1. The highest BCUT2D eigenvalue weighted by atomic mass is 16.5. The van der Waals surface area contributed by atoms with Gasteiger partial charge < -0.3 is 15.6 Å². The van der Waals surface area contributed by atoms with Gasteiger partial charge in [0.15, 0.2) is 5.78 Å². The van der Waals surface area contributed by atoms with E-state index in [9.17, 15) is 14.7 Å². The molecule has 1 amide bonds. The first-order valence-corrected chi connectivity index (χ1v) is 8.17. The molecule has 2 rings (SSSR count). The molecule has 0 spiro atoms. The van der Waals surface area contributed by atoms with Gasteiger partial charge in [0.2, 0.25) is 5.91 Å². The Hall–Kier alpha value is -2.74. The molecule has 0 aliphatic rings. The number of benzene rings is 2. The molecule has 0 aliphatic heterocycles. The highest BCUT2D eigenvalue weighted by molar-refractivity contribution is 5.98. The van der Waals surface area contributed by atoms with Crippen LogP contribution in [0.1, 0.15) is 23.7 Å². The van der Waals surface area contributed by atoms with Crippen LogP contribution in [0.25, 0.3) is 0 Å². The fourth-order valence-corrected chi connectivity index (χ4v) is 2.53. The fourth-order valence-electron chi connectivity index (χ4n) is 2.53. The Balaban J connectivity index is 2.09. The molecule has 3 atom stereocenters. The van der Waals surface area contributed by atoms with Gasteiger partial charge in [0, 0.05) is 11.5 Å². The topological polar surface area (TPSA) is 122 Å². The van der Waals surface area contributed by atoms with Gasteiger partial charge in [-0.15, -0.1) is 0 Å². The standard InChI is InChI=1S/C19H22N2O5/c1-12(19(24)21-25)11-16(18(20)23)17(22)13-7-9-15(10-8-13)26-14-5-3-2-4-6-14/h2-10,12,16,18,23,25H,11,20H2,1H3,(H,21,24)/t12-,16+,18?/m0/s1. The van der Waals surface area contributed by atoms with Crippen molar-refractivity contribution in [1.29, 1.82) is 0 Å². The van der Waals surface area contributed by atoms with E-state index in [2.05, 4.69) is 0 Å². The molecule has 0 aliphatic carbocycles. The molecule has 0 saturated heterocycles. The normalized spacial score (nSPS) is 14.2. The molecule has 0 bridgehead atoms. The second-order valence-corrected chi connectivity index (χ2v) is 6.01. The van der Waals surface area contributed by atoms with Crippen molar-refractivity contribution in [1.82, 2.24) is 5.48 Å². The van der Waals surface area contributed by atoms with Gasteiger partial charge in [-0.05, 0) is 42.8 Å². The fraction of sp³-hybridized carbons (Fsp3) is 0.263. The molecule has 7 nitrogen and oxygen atoms in total. The number of nitrogens with one attached hydrogen (secondary N) is 1. The van der Waals surface area contributed by atoms with Gasteiger partial charge >= 0.3 is 0 Å². The molecular formula is C19H22N2O5. The first-order chi connectivity index (χ1) is 12.4. The van der Waals surface area contributed by atoms with E-state index in [-0.39, 0.29) is 12.2 Å². The molecule has 0 heterocycles. The van der Waals surface area contributed by atoms with Crippen LogP contribution in [0, 0.1) is 11.8 Å². The number of hydroxylamine groups is 1. The summed E-state index contributed by atoms with van der Waals surface area (Å²) < 4.78 is 5.67. The third kappa shape index (κ3) is 5.13. The lowest BCUT2D eigenvalue weighted by Crippen LogP contribution is -2.39. The van der Waals surface area contributed by atoms with Crippen LogP contribution in [-0.4, -0.2) is 28.2 Å². The number of amides is 1. The average Bonchev–Trinajstić information content (AvgIpc) is 2.65. The number of nitrogens with two attached hydrogens (primary N) is 1. The van der Waals surface area contributed by atoms with Crippen LogP contribution in [0.5, 0.6) is 11.5 Å². The van der Waals surface area contributed by atoms with Crippen molar-refractivity contribution in [2.24, 2.45) is 17.6 Å². The van der Waals surface area contributed by atoms with Gasteiger partial charge in [0.1, 0.15) is 17.7 Å². The van der Waals surface area contributed by atoms with Gasteiger partial charge in [0.25, 0.3) is 0 Å². The van der Waals surface area contributed by atoms with Crippen LogP contribution in [0.15, 0.2) is 54.6 Å². The molecule has 5 N–H and O–H groups in total. The summed E-state index contributed by atoms with van der Waals surface area (Å²) >= 11 is 0. The molecule has 7 heteroatoms. The maximum absolute atomic E-state index is 12.6. The Morgan fingerprint density at radius 3 is 2.19 bits per heavy atom. The smallest absolute Gasteiger partial charge is 0.246 e. The van der Waals surface area contributed by atoms with Gasteiger partial charge in [-0.25, -0.2) is 5.48 Å². The van der Waals surface area contributed by atoms with E-state index in [4.69, 9.17) is 15.7 Å². The summed E-state index contributed by atoms with van der Waals surface area (Å²) in [6, 6.07) is 15.6. The lowest BCUT2D eigenvalue weighted by molar-refractivity contribution is -0.133. The van der Waals surface area contributed by atoms with E-state index in [0.29, 0.717) is 17.1 Å². The van der Waals surface area contributed by atoms with Crippen molar-refractivity contribution in [2.45, 2.75) is 19.6 Å². The van der Waals surface area contributed by atoms with Crippen LogP contribution in [0.4, 0.5) is 0 Å². The summed E-state index contributed by atoms with van der Waals surface area (Å²) in [6.07, 6.45) is -1.41. The molecule has 2 aromatic rings. The van der Waals surface area contributed by atoms with Gasteiger partial charge in [-0.1, -0.05) is 25.1 Å². The van der Waals surface area contributed by atoms with E-state index >= 15 is 0 Å². The zero-order valence-corrected chi connectivity index (χ0v) is 14.3. The Kier molecular flexibility index (Phi) is 6.85. The SMILES string of the molecule is C[C@@H](C[C@H](C(=O)c1ccc(Oc2ccccc2)cc1)C(N)O)C(=O)NO. The number of ether oxygens (including phenoxy) is 1. The maximum atomic E-state index is 12.6. The van der Waals surface area contributed by atoms with Crippen molar-refractivity contribution < 1.29 is 24.6 Å². The minimum atomic E-state index is -1.42. The molecule has 2 aromatic carbocycles. The van der Waals surface area contributed by atoms with E-state index < -0.39 is 24.0 Å². The van der Waals surface area contributed by atoms with Gasteiger partial charge in [-0.3, -0.25) is 14.8 Å². The number of Topliss-reactive ketones (excluding diaryl/α,β-unsaturated/α-hetero) is 1. The van der Waals surface area contributed by atoms with E-state index in [1.165, 1.54) is 12.4 Å². The first kappa shape index (κ1) is 19.6. The molecule has 0 saturated carbocycles. The predicted octanol–water partition coefficient (Wildman–Crippen LogP) is 2.09. The zero-order valence-electron chi connectivity index (χ0n) is 14.3. The minimum Gasteiger partial charge on any atom is -0.457 e. The van der Waals surface area contributed by atoms with Crippen molar-refractivity contribution in [3.63, 3.8) is 0 Å². The van der Waals surface area contributed by atoms with Crippen LogP contribution in [0.2, 0.25) is 0 Å². The third-order valence-electron chi connectivity index (χ3n) is 4.03. The van der Waals surface area contributed by atoms with Crippen molar-refractivity contribution in [3.05, 3.63) is 60.2 Å². The number of hydrogen-bond acceptors (Lipinski definition) is 6. The van der Waals surface area contributed by atoms with Gasteiger partial charge in [-0.2, -0.15) is 0 Å². The largest absolute Gasteiger partial charge is 0.457 e. The van der Waals surface area contributed by atoms with E-state index in [1.54, 1.807) is 24.3 Å². The minimum absolute atomic E-state index is 0.00512. The second-order valence-electron chi connectivity index (χ2n) is 6.01. The summed E-state index contributed by atoms with van der Waals surface area (Å²) in [5.74, 6) is -1.45. The van der Waals surface area contributed by atoms with Crippen LogP contribution >= 0.6 is 0 Å². The quantitative estimate of drug-likeness (QED) is 0.248. The van der Waals surface area contributed by atoms with Crippen LogP contribution in [0.3, 0.4) is 0 Å². The number of para-hydroxylation sites is 1. The summed E-state index contributed by atoms with van der Waals surface area (Å²) in [4.78, 5) is 24.1. The average molecular weight is 358 g/mol. The Morgan fingerprint density at radius 2 is 1.65 bits per heavy atom. The highest BCUT2D eigenvalue weighted by Crippen LogP contribution is 2.24. The number of ketones is 1. The molecular weight excluding hydrogens is 336 g/mol. The molecule has 26 heavy (non-hydrogen) atoms. The lowest BCUT2D eigenvalue weighted by atomic mass is 9.87. The van der Waals surface area contributed by atoms with E-state index in [0.717, 1.165) is 0 Å². The Labute approximate surface area is 151 Å². The molecule has 1 unspecified atom stereocenters. The molecule has 0 aromatic heterocycles. The Bertz CT molecular complexity index is 731. The number of carbonyl (C=O) groups is 2. The van der Waals surface area contributed by atoms with Crippen molar-refractivity contribution in [2.75, 3.05) is 0 Å². The van der Waals surface area contributed by atoms with Crippen LogP contribution in [-0.2, 0) is 4.79 Å². The molecule has 0 fully saturated rings. The molecule has 0 radical (unpaired) electrons. The summed E-state index contributed by atoms with van der Waals surface area (Å²) in [5, 5.41) is 18.4. The number of carbonyl (C=O) groups excluding carboxylic acids is 2. The zero-order chi connectivity index (χ0) is 19.1. The third-order valence-corrected chi connectivity index (χ3v) is 4.03. The number of aliphatic hydroxyl groups is 1. The predicted molar refractivity (Wildman–Crippen MR) is 94.7 cm³/mol. The highest BCUT2D eigenvalue weighted by Gasteiger charge is 2.29. The first-order valence-electron chi connectivity index (χ1n) is 8.17. The summed E-state index contributed by atoms with van der Waals surface area (Å²) in [6.45, 7) is 1.53. The lowest BCUT2D eigenvalue weighted by Gasteiger charge is -2.21. The van der Waals surface area contributed by atoms with E-state index in [1.807, 2.05) is 30.3 Å².